The Hall–Kier alpha value is -2.90. The van der Waals surface area contributed by atoms with Crippen molar-refractivity contribution in [1.29, 1.82) is 0 Å². The van der Waals surface area contributed by atoms with Crippen LogP contribution in [0.2, 0.25) is 0 Å². The second-order valence-electron chi connectivity index (χ2n) is 8.86. The van der Waals surface area contributed by atoms with Crippen molar-refractivity contribution < 1.29 is 19.1 Å². The quantitative estimate of drug-likeness (QED) is 0.605. The molecule has 2 fully saturated rings. The van der Waals surface area contributed by atoms with E-state index in [9.17, 15) is 9.59 Å². The first-order valence-corrected chi connectivity index (χ1v) is 11.9. The van der Waals surface area contributed by atoms with E-state index in [1.54, 1.807) is 6.07 Å². The van der Waals surface area contributed by atoms with Gasteiger partial charge in [-0.2, -0.15) is 0 Å². The second-order valence-corrected chi connectivity index (χ2v) is 8.86. The van der Waals surface area contributed by atoms with Crippen molar-refractivity contribution in [3.63, 3.8) is 0 Å². The lowest BCUT2D eigenvalue weighted by atomic mass is 10.1. The first kappa shape index (κ1) is 21.9. The predicted octanol–water partition coefficient (Wildman–Crippen LogP) is 3.18. The molecule has 3 aliphatic heterocycles. The summed E-state index contributed by atoms with van der Waals surface area (Å²) in [7, 11) is 0. The molecule has 0 spiro atoms. The van der Waals surface area contributed by atoms with Crippen LogP contribution in [-0.2, 0) is 11.3 Å². The van der Waals surface area contributed by atoms with Gasteiger partial charge in [0.2, 0.25) is 0 Å². The Morgan fingerprint density at radius 1 is 1.00 bits per heavy atom. The summed E-state index contributed by atoms with van der Waals surface area (Å²) in [5.74, 6) is 0.562. The lowest BCUT2D eigenvalue weighted by molar-refractivity contribution is 0.0475. The molecule has 0 aromatic heterocycles. The van der Waals surface area contributed by atoms with Crippen molar-refractivity contribution in [2.75, 3.05) is 50.8 Å². The number of benzene rings is 2. The Morgan fingerprint density at radius 3 is 2.58 bits per heavy atom. The van der Waals surface area contributed by atoms with Crippen molar-refractivity contribution in [1.82, 2.24) is 9.80 Å². The summed E-state index contributed by atoms with van der Waals surface area (Å²) >= 11 is 0. The first-order valence-electron chi connectivity index (χ1n) is 11.9. The first-order chi connectivity index (χ1) is 16.2. The molecule has 7 heteroatoms. The Labute approximate surface area is 194 Å². The third kappa shape index (κ3) is 4.35. The predicted molar refractivity (Wildman–Crippen MR) is 126 cm³/mol. The molecule has 0 saturated carbocycles. The fraction of sp³-hybridized carbons (Fsp3) is 0.462. The zero-order valence-electron chi connectivity index (χ0n) is 19.2. The van der Waals surface area contributed by atoms with Gasteiger partial charge in [0.05, 0.1) is 36.1 Å². The molecule has 0 radical (unpaired) electrons. The number of hydrogen-bond donors (Lipinski definition) is 0. The van der Waals surface area contributed by atoms with Crippen LogP contribution in [0.3, 0.4) is 0 Å². The van der Waals surface area contributed by atoms with Gasteiger partial charge in [-0.3, -0.25) is 19.4 Å². The molecule has 5 rings (SSSR count). The fourth-order valence-electron chi connectivity index (χ4n) is 5.06. The van der Waals surface area contributed by atoms with Gasteiger partial charge in [0.15, 0.2) is 0 Å². The minimum atomic E-state index is -0.196. The van der Waals surface area contributed by atoms with Crippen LogP contribution in [0.4, 0.5) is 5.69 Å². The maximum absolute atomic E-state index is 13.3. The number of carbonyl (C=O) groups is 2. The molecule has 0 aliphatic carbocycles. The molecular weight excluding hydrogens is 418 g/mol. The molecule has 3 aliphatic rings. The molecule has 2 amide bonds. The van der Waals surface area contributed by atoms with Crippen LogP contribution < -0.4 is 9.64 Å². The Bertz CT molecular complexity index is 1030. The second kappa shape index (κ2) is 9.53. The van der Waals surface area contributed by atoms with E-state index in [0.29, 0.717) is 30.9 Å². The van der Waals surface area contributed by atoms with Crippen LogP contribution in [-0.4, -0.2) is 73.7 Å². The highest BCUT2D eigenvalue weighted by atomic mass is 16.5. The molecule has 174 valence electrons. The van der Waals surface area contributed by atoms with E-state index in [1.807, 2.05) is 37.3 Å². The molecule has 33 heavy (non-hydrogen) atoms. The van der Waals surface area contributed by atoms with Gasteiger partial charge < -0.3 is 14.4 Å². The highest BCUT2D eigenvalue weighted by Gasteiger charge is 2.40. The summed E-state index contributed by atoms with van der Waals surface area (Å²) in [6.07, 6.45) is 1.84. The van der Waals surface area contributed by atoms with E-state index < -0.39 is 0 Å². The zero-order chi connectivity index (χ0) is 22.8. The molecule has 2 aromatic carbocycles. The van der Waals surface area contributed by atoms with Gasteiger partial charge in [-0.1, -0.05) is 24.3 Å². The van der Waals surface area contributed by atoms with Crippen molar-refractivity contribution in [3.05, 3.63) is 59.2 Å². The number of hydrogen-bond acceptors (Lipinski definition) is 6. The molecule has 0 N–H and O–H groups in total. The third-order valence-corrected chi connectivity index (χ3v) is 6.77. The number of piperazine rings is 1. The van der Waals surface area contributed by atoms with E-state index in [1.165, 1.54) is 10.5 Å². The van der Waals surface area contributed by atoms with Crippen LogP contribution in [0.25, 0.3) is 0 Å². The molecule has 2 saturated heterocycles. The molecule has 1 atom stereocenters. The number of carbonyl (C=O) groups excluding carboxylic acids is 2. The molecule has 0 bridgehead atoms. The summed E-state index contributed by atoms with van der Waals surface area (Å²) in [5.41, 5.74) is 3.13. The normalized spacial score (nSPS) is 21.1. The highest BCUT2D eigenvalue weighted by Crippen LogP contribution is 2.33. The van der Waals surface area contributed by atoms with Crippen LogP contribution in [0.1, 0.15) is 46.0 Å². The van der Waals surface area contributed by atoms with Crippen LogP contribution in [0.5, 0.6) is 5.75 Å². The average molecular weight is 450 g/mol. The minimum Gasteiger partial charge on any atom is -0.494 e. The van der Waals surface area contributed by atoms with Gasteiger partial charge in [0.1, 0.15) is 5.75 Å². The maximum Gasteiger partial charge on any atom is 0.263 e. The zero-order valence-corrected chi connectivity index (χ0v) is 19.2. The molecule has 7 nitrogen and oxygen atoms in total. The Balaban J connectivity index is 1.27. The third-order valence-electron chi connectivity index (χ3n) is 6.77. The van der Waals surface area contributed by atoms with E-state index in [-0.39, 0.29) is 17.9 Å². The van der Waals surface area contributed by atoms with E-state index in [0.717, 1.165) is 57.0 Å². The SMILES string of the molecule is CCOc1ccccc1CN1CCN(c2cccc3c2C(=O)N(CC2CCCO2)C3=O)CC1. The lowest BCUT2D eigenvalue weighted by Crippen LogP contribution is -2.46. The number of nitrogens with zero attached hydrogens (tertiary/aromatic N) is 3. The summed E-state index contributed by atoms with van der Waals surface area (Å²) in [6, 6.07) is 13.8. The topological polar surface area (TPSA) is 62.3 Å². The fourth-order valence-corrected chi connectivity index (χ4v) is 5.06. The standard InChI is InChI=1S/C26H31N3O4/c1-2-32-23-11-4-3-7-19(23)17-27-12-14-28(15-13-27)22-10-5-9-21-24(22)26(31)29(25(21)30)18-20-8-6-16-33-20/h3-5,7,9-11,20H,2,6,8,12-18H2,1H3. The molecule has 3 heterocycles. The largest absolute Gasteiger partial charge is 0.494 e. The number of imide groups is 1. The maximum atomic E-state index is 13.3. The Kier molecular flexibility index (Phi) is 6.33. The monoisotopic (exact) mass is 449 g/mol. The van der Waals surface area contributed by atoms with Gasteiger partial charge in [-0.05, 0) is 38.0 Å². The van der Waals surface area contributed by atoms with Crippen molar-refractivity contribution in [2.45, 2.75) is 32.4 Å². The number of ether oxygens (including phenoxy) is 2. The minimum absolute atomic E-state index is 0.0428. The van der Waals surface area contributed by atoms with Crippen LogP contribution in [0.15, 0.2) is 42.5 Å². The molecule has 2 aromatic rings. The number of para-hydroxylation sites is 1. The lowest BCUT2D eigenvalue weighted by Gasteiger charge is -2.37. The van der Waals surface area contributed by atoms with Gasteiger partial charge >= 0.3 is 0 Å². The highest BCUT2D eigenvalue weighted by molar-refractivity contribution is 6.23. The van der Waals surface area contributed by atoms with Crippen LogP contribution in [0, 0.1) is 0 Å². The summed E-state index contributed by atoms with van der Waals surface area (Å²) in [6.45, 7) is 7.92. The molecular formula is C26H31N3O4. The van der Waals surface area contributed by atoms with E-state index in [2.05, 4.69) is 15.9 Å². The van der Waals surface area contributed by atoms with Crippen molar-refractivity contribution >= 4 is 17.5 Å². The average Bonchev–Trinajstić information content (AvgIpc) is 3.44. The van der Waals surface area contributed by atoms with Gasteiger partial charge in [-0.15, -0.1) is 0 Å². The number of rotatable bonds is 7. The smallest absolute Gasteiger partial charge is 0.263 e. The molecule has 1 unspecified atom stereocenters. The number of amides is 2. The van der Waals surface area contributed by atoms with Gasteiger partial charge in [0, 0.05) is 44.9 Å². The van der Waals surface area contributed by atoms with Gasteiger partial charge in [0.25, 0.3) is 11.8 Å². The van der Waals surface area contributed by atoms with E-state index in [4.69, 9.17) is 9.47 Å². The van der Waals surface area contributed by atoms with Crippen molar-refractivity contribution in [3.8, 4) is 5.75 Å². The number of fused-ring (bicyclic) bond motifs is 1. The summed E-state index contributed by atoms with van der Waals surface area (Å²) in [5, 5.41) is 0. The number of anilines is 1. The van der Waals surface area contributed by atoms with Gasteiger partial charge in [-0.25, -0.2) is 0 Å². The van der Waals surface area contributed by atoms with E-state index >= 15 is 0 Å². The van der Waals surface area contributed by atoms with Crippen LogP contribution >= 0.6 is 0 Å². The summed E-state index contributed by atoms with van der Waals surface area (Å²) < 4.78 is 11.4. The Morgan fingerprint density at radius 2 is 1.82 bits per heavy atom. The summed E-state index contributed by atoms with van der Waals surface area (Å²) in [4.78, 5) is 32.3. The van der Waals surface area contributed by atoms with Crippen molar-refractivity contribution in [2.24, 2.45) is 0 Å².